The molecule has 2 unspecified atom stereocenters. The second kappa shape index (κ2) is 16.7. The molecule has 0 saturated carbocycles. The molecule has 4 N–H and O–H groups in total. The Morgan fingerprint density at radius 1 is 1.10 bits per heavy atom. The molecular formula is C27H38ClN3O6PS2+. The van der Waals surface area contributed by atoms with Crippen LogP contribution in [0.15, 0.2) is 46.2 Å². The van der Waals surface area contributed by atoms with Crippen LogP contribution in [0, 0.1) is 0 Å². The van der Waals surface area contributed by atoms with Gasteiger partial charge in [-0.25, -0.2) is 22.7 Å². The fourth-order valence-electron chi connectivity index (χ4n) is 4.19. The standard InChI is InChI=1S/C27H37ClN3O6PS2/c1-2-3-10-26-30-23-16-22(28)25(17-24(23)39-31-26)40(35,36)29-18-21-13-11-20(12-14-21)9-7-5-4-6-8-15-37-38(34)19-27(32)33/h11-14,16-17,26,29-31H,2-10,15,18-19H2,1H3/p+1. The van der Waals surface area contributed by atoms with Crippen LogP contribution in [0.25, 0.3) is 0 Å². The summed E-state index contributed by atoms with van der Waals surface area (Å²) in [4.78, 5) is 11.3. The van der Waals surface area contributed by atoms with Crippen LogP contribution in [-0.2, 0) is 36.9 Å². The van der Waals surface area contributed by atoms with Crippen molar-refractivity contribution in [3.8, 4) is 0 Å². The summed E-state index contributed by atoms with van der Waals surface area (Å²) in [7, 11) is -5.91. The lowest BCUT2D eigenvalue weighted by Gasteiger charge is -2.28. The van der Waals surface area contributed by atoms with E-state index in [1.165, 1.54) is 17.5 Å². The number of hydrogen-bond acceptors (Lipinski definition) is 8. The summed E-state index contributed by atoms with van der Waals surface area (Å²) in [6.45, 7) is 2.63. The summed E-state index contributed by atoms with van der Waals surface area (Å²) >= 11 is 7.82. The lowest BCUT2D eigenvalue weighted by Crippen LogP contribution is -2.35. The summed E-state index contributed by atoms with van der Waals surface area (Å²) < 4.78 is 48.4. The Morgan fingerprint density at radius 2 is 1.80 bits per heavy atom. The Balaban J connectivity index is 1.39. The molecule has 0 bridgehead atoms. The lowest BCUT2D eigenvalue weighted by atomic mass is 10.0. The number of benzene rings is 2. The molecule has 40 heavy (non-hydrogen) atoms. The molecule has 0 aliphatic carbocycles. The normalized spacial score (nSPS) is 15.3. The van der Waals surface area contributed by atoms with E-state index in [0.717, 1.165) is 73.9 Å². The van der Waals surface area contributed by atoms with Crippen molar-refractivity contribution in [3.63, 3.8) is 0 Å². The van der Waals surface area contributed by atoms with Gasteiger partial charge in [0, 0.05) is 11.4 Å². The van der Waals surface area contributed by atoms with Gasteiger partial charge in [-0.1, -0.05) is 74.9 Å². The monoisotopic (exact) mass is 630 g/mol. The van der Waals surface area contributed by atoms with Gasteiger partial charge in [-0.15, -0.1) is 4.52 Å². The summed E-state index contributed by atoms with van der Waals surface area (Å²) in [6, 6.07) is 11.2. The van der Waals surface area contributed by atoms with Gasteiger partial charge in [-0.3, -0.25) is 0 Å². The maximum atomic E-state index is 13.0. The van der Waals surface area contributed by atoms with E-state index < -0.39 is 30.2 Å². The minimum absolute atomic E-state index is 0.0632. The molecule has 1 aliphatic rings. The van der Waals surface area contributed by atoms with E-state index in [1.807, 2.05) is 24.3 Å². The topological polar surface area (TPSA) is 134 Å². The van der Waals surface area contributed by atoms with Gasteiger partial charge < -0.3 is 10.4 Å². The quantitative estimate of drug-likeness (QED) is 0.0807. The fourth-order valence-corrected chi connectivity index (χ4v) is 7.33. The zero-order chi connectivity index (χ0) is 29.0. The number of unbranched alkanes of at least 4 members (excludes halogenated alkanes) is 5. The third-order valence-corrected chi connectivity index (χ3v) is 10.2. The van der Waals surface area contributed by atoms with E-state index in [0.29, 0.717) is 6.61 Å². The van der Waals surface area contributed by atoms with Gasteiger partial charge in [-0.05, 0) is 65.5 Å². The number of aryl methyl sites for hydroxylation is 1. The highest BCUT2D eigenvalue weighted by Crippen LogP contribution is 2.37. The lowest BCUT2D eigenvalue weighted by molar-refractivity contribution is -0.134. The molecule has 1 heterocycles. The van der Waals surface area contributed by atoms with Gasteiger partial charge in [-0.2, -0.15) is 0 Å². The van der Waals surface area contributed by atoms with Crippen LogP contribution >= 0.6 is 31.6 Å². The Morgan fingerprint density at radius 3 is 2.52 bits per heavy atom. The molecule has 0 radical (unpaired) electrons. The van der Waals surface area contributed by atoms with Gasteiger partial charge in [0.2, 0.25) is 10.0 Å². The Bertz CT molecular complexity index is 1250. The molecule has 0 fully saturated rings. The first-order chi connectivity index (χ1) is 19.2. The maximum absolute atomic E-state index is 13.0. The van der Waals surface area contributed by atoms with Gasteiger partial charge >= 0.3 is 14.0 Å². The van der Waals surface area contributed by atoms with Crippen molar-refractivity contribution < 1.29 is 27.4 Å². The molecule has 2 aromatic rings. The van der Waals surface area contributed by atoms with Gasteiger partial charge in [0.05, 0.1) is 16.9 Å². The van der Waals surface area contributed by atoms with Crippen molar-refractivity contribution in [2.45, 2.75) is 87.2 Å². The van der Waals surface area contributed by atoms with Gasteiger partial charge in [0.15, 0.2) is 0 Å². The minimum Gasteiger partial charge on any atom is -0.478 e. The Hall–Kier alpha value is -1.72. The molecule has 1 aliphatic heterocycles. The summed E-state index contributed by atoms with van der Waals surface area (Å²) in [5.41, 5.74) is 2.89. The number of fused-ring (bicyclic) bond motifs is 1. The number of carbonyl (C=O) groups is 1. The third-order valence-electron chi connectivity index (χ3n) is 6.41. The molecule has 220 valence electrons. The van der Waals surface area contributed by atoms with E-state index in [4.69, 9.17) is 21.2 Å². The molecule has 3 rings (SSSR count). The molecule has 0 saturated heterocycles. The molecule has 9 nitrogen and oxygen atoms in total. The molecular weight excluding hydrogens is 593 g/mol. The summed E-state index contributed by atoms with van der Waals surface area (Å²) in [6.07, 6.45) is 8.56. The predicted molar refractivity (Wildman–Crippen MR) is 161 cm³/mol. The predicted octanol–water partition coefficient (Wildman–Crippen LogP) is 6.69. The van der Waals surface area contributed by atoms with E-state index in [2.05, 4.69) is 21.7 Å². The van der Waals surface area contributed by atoms with E-state index in [-0.39, 0.29) is 22.6 Å². The zero-order valence-electron chi connectivity index (χ0n) is 22.7. The highest BCUT2D eigenvalue weighted by molar-refractivity contribution is 7.97. The van der Waals surface area contributed by atoms with Crippen LogP contribution in [0.5, 0.6) is 0 Å². The number of anilines is 1. The number of hydrogen-bond donors (Lipinski definition) is 4. The molecule has 13 heteroatoms. The van der Waals surface area contributed by atoms with Crippen LogP contribution in [0.2, 0.25) is 5.02 Å². The van der Waals surface area contributed by atoms with E-state index in [9.17, 15) is 17.8 Å². The molecule has 0 aromatic heterocycles. The van der Waals surface area contributed by atoms with Crippen LogP contribution < -0.4 is 14.8 Å². The first-order valence-electron chi connectivity index (χ1n) is 13.6. The Labute approximate surface area is 247 Å². The molecule has 2 aromatic carbocycles. The number of halogens is 1. The van der Waals surface area contributed by atoms with Crippen molar-refractivity contribution in [1.29, 1.82) is 0 Å². The average Bonchev–Trinajstić information content (AvgIpc) is 2.92. The van der Waals surface area contributed by atoms with Crippen LogP contribution in [0.3, 0.4) is 0 Å². The number of nitrogens with one attached hydrogen (secondary N) is 3. The number of carboxylic acids is 1. The van der Waals surface area contributed by atoms with Gasteiger partial charge in [0.1, 0.15) is 11.5 Å². The van der Waals surface area contributed by atoms with E-state index in [1.54, 1.807) is 12.1 Å². The first-order valence-corrected chi connectivity index (χ1v) is 17.6. The number of carboxylic acid groups (broad SMARTS) is 1. The number of aliphatic carboxylic acids is 1. The second-order valence-corrected chi connectivity index (χ2v) is 14.0. The highest BCUT2D eigenvalue weighted by atomic mass is 35.5. The fraction of sp³-hybridized carbons (Fsp3) is 0.519. The minimum atomic E-state index is -3.80. The van der Waals surface area contributed by atoms with E-state index >= 15 is 0 Å². The Kier molecular flexibility index (Phi) is 13.7. The van der Waals surface area contributed by atoms with Crippen LogP contribution in [0.1, 0.15) is 69.4 Å². The molecule has 0 amide bonds. The number of sulfonamides is 1. The SMILES string of the molecule is CCCCC1NSc2cc(S(=O)(=O)NCc3ccc(CCCCCCCO[P+](=O)CC(=O)O)cc3)c(Cl)cc2N1. The van der Waals surface area contributed by atoms with Crippen molar-refractivity contribution in [2.24, 2.45) is 0 Å². The van der Waals surface area contributed by atoms with Crippen molar-refractivity contribution in [1.82, 2.24) is 9.44 Å². The second-order valence-electron chi connectivity index (χ2n) is 9.71. The first kappa shape index (κ1) is 32.8. The zero-order valence-corrected chi connectivity index (χ0v) is 25.9. The van der Waals surface area contributed by atoms with Crippen molar-refractivity contribution in [2.75, 3.05) is 18.1 Å². The smallest absolute Gasteiger partial charge is 0.478 e. The average molecular weight is 631 g/mol. The molecule has 0 spiro atoms. The van der Waals surface area contributed by atoms with Crippen LogP contribution in [-0.4, -0.2) is 38.4 Å². The van der Waals surface area contributed by atoms with Crippen molar-refractivity contribution >= 4 is 53.3 Å². The summed E-state index contributed by atoms with van der Waals surface area (Å²) in [5.74, 6) is -1.11. The number of rotatable bonds is 18. The highest BCUT2D eigenvalue weighted by Gasteiger charge is 2.25. The maximum Gasteiger partial charge on any atom is 0.520 e. The largest absolute Gasteiger partial charge is 0.520 e. The summed E-state index contributed by atoms with van der Waals surface area (Å²) in [5, 5.41) is 12.1. The molecule has 2 atom stereocenters. The van der Waals surface area contributed by atoms with Gasteiger partial charge in [0.25, 0.3) is 6.16 Å². The van der Waals surface area contributed by atoms with Crippen molar-refractivity contribution in [3.05, 3.63) is 52.5 Å². The van der Waals surface area contributed by atoms with Crippen LogP contribution in [0.4, 0.5) is 5.69 Å². The third kappa shape index (κ3) is 10.9.